The van der Waals surface area contributed by atoms with Crippen molar-refractivity contribution in [2.75, 3.05) is 6.54 Å². The molecular formula is C19H21F3N2O. The van der Waals surface area contributed by atoms with E-state index in [0.29, 0.717) is 0 Å². The van der Waals surface area contributed by atoms with E-state index in [-0.39, 0.29) is 12.1 Å². The SMILES string of the molecule is CCc1ccc2cc([C@H](N3CC(C)(C)C(=O)N3)C(F)(F)F)ccc2c1. The zero-order valence-electron chi connectivity index (χ0n) is 14.4. The van der Waals surface area contributed by atoms with Crippen LogP contribution in [-0.2, 0) is 11.2 Å². The molecule has 134 valence electrons. The van der Waals surface area contributed by atoms with Gasteiger partial charge in [-0.05, 0) is 48.2 Å². The summed E-state index contributed by atoms with van der Waals surface area (Å²) in [6.07, 6.45) is -3.62. The molecule has 1 aliphatic rings. The molecule has 3 nitrogen and oxygen atoms in total. The van der Waals surface area contributed by atoms with E-state index >= 15 is 0 Å². The number of hydrogen-bond acceptors (Lipinski definition) is 2. The Kier molecular flexibility index (Phi) is 4.27. The van der Waals surface area contributed by atoms with Gasteiger partial charge in [0.05, 0.1) is 5.41 Å². The first-order chi connectivity index (χ1) is 11.6. The number of nitrogens with zero attached hydrogens (tertiary/aromatic N) is 1. The second-order valence-electron chi connectivity index (χ2n) is 7.19. The smallest absolute Gasteiger partial charge is 0.287 e. The van der Waals surface area contributed by atoms with Gasteiger partial charge in [0.15, 0.2) is 0 Å². The highest BCUT2D eigenvalue weighted by Crippen LogP contribution is 2.41. The summed E-state index contributed by atoms with van der Waals surface area (Å²) in [5, 5.41) is 2.67. The molecule has 0 radical (unpaired) electrons. The fraction of sp³-hybridized carbons (Fsp3) is 0.421. The fourth-order valence-electron chi connectivity index (χ4n) is 3.22. The van der Waals surface area contributed by atoms with Gasteiger partial charge >= 0.3 is 6.18 Å². The van der Waals surface area contributed by atoms with Crippen LogP contribution in [-0.4, -0.2) is 23.6 Å². The first-order valence-corrected chi connectivity index (χ1v) is 8.29. The third-order valence-corrected chi connectivity index (χ3v) is 4.70. The second kappa shape index (κ2) is 6.02. The number of amides is 1. The van der Waals surface area contributed by atoms with Crippen molar-refractivity contribution in [1.29, 1.82) is 0 Å². The van der Waals surface area contributed by atoms with Crippen LogP contribution in [0.3, 0.4) is 0 Å². The average molecular weight is 350 g/mol. The molecule has 0 aliphatic carbocycles. The molecule has 1 heterocycles. The molecule has 0 aromatic heterocycles. The van der Waals surface area contributed by atoms with Crippen LogP contribution < -0.4 is 5.43 Å². The maximum Gasteiger partial charge on any atom is 0.409 e. The summed E-state index contributed by atoms with van der Waals surface area (Å²) in [6, 6.07) is 8.66. The molecule has 1 N–H and O–H groups in total. The van der Waals surface area contributed by atoms with E-state index in [2.05, 4.69) is 5.43 Å². The van der Waals surface area contributed by atoms with Gasteiger partial charge < -0.3 is 0 Å². The van der Waals surface area contributed by atoms with Gasteiger partial charge in [-0.15, -0.1) is 0 Å². The molecule has 2 aromatic rings. The molecule has 0 bridgehead atoms. The highest BCUT2D eigenvalue weighted by Gasteiger charge is 2.51. The molecular weight excluding hydrogens is 329 g/mol. The predicted octanol–water partition coefficient (Wildman–Crippen LogP) is 4.38. The number of benzene rings is 2. The quantitative estimate of drug-likeness (QED) is 0.891. The number of fused-ring (bicyclic) bond motifs is 1. The van der Waals surface area contributed by atoms with Crippen molar-refractivity contribution in [3.63, 3.8) is 0 Å². The van der Waals surface area contributed by atoms with E-state index in [1.54, 1.807) is 26.0 Å². The normalized spacial score (nSPS) is 19.2. The van der Waals surface area contributed by atoms with Gasteiger partial charge in [0, 0.05) is 6.54 Å². The van der Waals surface area contributed by atoms with Crippen LogP contribution in [0.2, 0.25) is 0 Å². The maximum absolute atomic E-state index is 13.8. The molecule has 25 heavy (non-hydrogen) atoms. The summed E-state index contributed by atoms with van der Waals surface area (Å²) in [6.45, 7) is 5.32. The van der Waals surface area contributed by atoms with E-state index in [1.165, 1.54) is 6.07 Å². The summed E-state index contributed by atoms with van der Waals surface area (Å²) < 4.78 is 41.3. The van der Waals surface area contributed by atoms with E-state index in [4.69, 9.17) is 0 Å². The number of aryl methyl sites for hydroxylation is 1. The Bertz CT molecular complexity index is 814. The predicted molar refractivity (Wildman–Crippen MR) is 90.8 cm³/mol. The summed E-state index contributed by atoms with van der Waals surface area (Å²) >= 11 is 0. The number of hydrazine groups is 1. The monoisotopic (exact) mass is 350 g/mol. The van der Waals surface area contributed by atoms with Gasteiger partial charge in [0.25, 0.3) is 0 Å². The second-order valence-corrected chi connectivity index (χ2v) is 7.19. The summed E-state index contributed by atoms with van der Waals surface area (Å²) in [7, 11) is 0. The van der Waals surface area contributed by atoms with Crippen molar-refractivity contribution in [1.82, 2.24) is 10.4 Å². The number of rotatable bonds is 3. The maximum atomic E-state index is 13.8. The lowest BCUT2D eigenvalue weighted by molar-refractivity contribution is -0.191. The van der Waals surface area contributed by atoms with Gasteiger partial charge in [-0.2, -0.15) is 13.2 Å². The van der Waals surface area contributed by atoms with Crippen LogP contribution in [0.5, 0.6) is 0 Å². The van der Waals surface area contributed by atoms with E-state index < -0.39 is 23.5 Å². The summed E-state index contributed by atoms with van der Waals surface area (Å²) in [5.74, 6) is -0.393. The molecule has 1 amide bonds. The van der Waals surface area contributed by atoms with Crippen molar-refractivity contribution in [3.8, 4) is 0 Å². The topological polar surface area (TPSA) is 32.3 Å². The van der Waals surface area contributed by atoms with Crippen molar-refractivity contribution in [2.24, 2.45) is 5.41 Å². The summed E-state index contributed by atoms with van der Waals surface area (Å²) in [5.41, 5.74) is 2.81. The molecule has 1 atom stereocenters. The van der Waals surface area contributed by atoms with Crippen molar-refractivity contribution in [2.45, 2.75) is 39.4 Å². The zero-order chi connectivity index (χ0) is 18.4. The lowest BCUT2D eigenvalue weighted by Gasteiger charge is -2.30. The Morgan fingerprint density at radius 1 is 1.16 bits per heavy atom. The number of carbonyl (C=O) groups is 1. The highest BCUT2D eigenvalue weighted by molar-refractivity contribution is 5.85. The molecule has 3 rings (SSSR count). The number of hydrogen-bond donors (Lipinski definition) is 1. The van der Waals surface area contributed by atoms with Crippen LogP contribution in [0.4, 0.5) is 13.2 Å². The highest BCUT2D eigenvalue weighted by atomic mass is 19.4. The van der Waals surface area contributed by atoms with E-state index in [1.807, 2.05) is 25.1 Å². The minimum Gasteiger partial charge on any atom is -0.287 e. The van der Waals surface area contributed by atoms with E-state index in [0.717, 1.165) is 27.8 Å². The van der Waals surface area contributed by atoms with Gasteiger partial charge in [0.2, 0.25) is 5.91 Å². The molecule has 0 spiro atoms. The Morgan fingerprint density at radius 2 is 1.80 bits per heavy atom. The van der Waals surface area contributed by atoms with Crippen molar-refractivity contribution >= 4 is 16.7 Å². The first-order valence-electron chi connectivity index (χ1n) is 8.29. The standard InChI is InChI=1S/C19H21F3N2O/c1-4-12-5-6-14-10-15(8-7-13(14)9-12)16(19(20,21)22)24-11-18(2,3)17(25)23-24/h5-10,16H,4,11H2,1-3H3,(H,23,25)/t16-/m0/s1. The molecule has 1 saturated heterocycles. The summed E-state index contributed by atoms with van der Waals surface area (Å²) in [4.78, 5) is 11.9. The third-order valence-electron chi connectivity index (χ3n) is 4.70. The number of halogens is 3. The van der Waals surface area contributed by atoms with Gasteiger partial charge in [-0.3, -0.25) is 10.2 Å². The van der Waals surface area contributed by atoms with Crippen LogP contribution in [0, 0.1) is 5.41 Å². The lowest BCUT2D eigenvalue weighted by Crippen LogP contribution is -2.43. The van der Waals surface area contributed by atoms with Crippen LogP contribution >= 0.6 is 0 Å². The molecule has 1 fully saturated rings. The number of alkyl halides is 3. The minimum atomic E-state index is -4.50. The largest absolute Gasteiger partial charge is 0.409 e. The van der Waals surface area contributed by atoms with Crippen LogP contribution in [0.1, 0.15) is 37.9 Å². The number of carbonyl (C=O) groups excluding carboxylic acids is 1. The van der Waals surface area contributed by atoms with Crippen molar-refractivity contribution < 1.29 is 18.0 Å². The molecule has 1 aliphatic heterocycles. The molecule has 6 heteroatoms. The Labute approximate surface area is 144 Å². The third kappa shape index (κ3) is 3.35. The molecule has 0 unspecified atom stereocenters. The first kappa shape index (κ1) is 17.7. The van der Waals surface area contributed by atoms with Crippen LogP contribution in [0.15, 0.2) is 36.4 Å². The van der Waals surface area contributed by atoms with Crippen LogP contribution in [0.25, 0.3) is 10.8 Å². The average Bonchev–Trinajstić information content (AvgIpc) is 2.78. The van der Waals surface area contributed by atoms with Crippen molar-refractivity contribution in [3.05, 3.63) is 47.5 Å². The fourth-order valence-corrected chi connectivity index (χ4v) is 3.22. The minimum absolute atomic E-state index is 0.00280. The Balaban J connectivity index is 2.03. The zero-order valence-corrected chi connectivity index (χ0v) is 14.4. The van der Waals surface area contributed by atoms with Gasteiger partial charge in [0.1, 0.15) is 6.04 Å². The molecule has 0 saturated carbocycles. The molecule has 2 aromatic carbocycles. The lowest BCUT2D eigenvalue weighted by atomic mass is 9.93. The van der Waals surface area contributed by atoms with Gasteiger partial charge in [-0.25, -0.2) is 5.01 Å². The Morgan fingerprint density at radius 3 is 2.36 bits per heavy atom. The number of nitrogens with one attached hydrogen (secondary N) is 1. The van der Waals surface area contributed by atoms with Gasteiger partial charge in [-0.1, -0.05) is 37.3 Å². The van der Waals surface area contributed by atoms with E-state index in [9.17, 15) is 18.0 Å². The Hall–Kier alpha value is -2.08.